The molecular formula is C17H13ClFN3O3. The van der Waals surface area contributed by atoms with E-state index in [0.717, 1.165) is 6.07 Å². The average molecular weight is 362 g/mol. The van der Waals surface area contributed by atoms with E-state index in [2.05, 4.69) is 16.0 Å². The van der Waals surface area contributed by atoms with E-state index in [0.29, 0.717) is 16.3 Å². The predicted molar refractivity (Wildman–Crippen MR) is 91.0 cm³/mol. The third-order valence-corrected chi connectivity index (χ3v) is 3.85. The Kier molecular flexibility index (Phi) is 4.67. The molecule has 0 spiro atoms. The van der Waals surface area contributed by atoms with Gasteiger partial charge in [-0.25, -0.2) is 4.39 Å². The Morgan fingerprint density at radius 3 is 2.64 bits per heavy atom. The van der Waals surface area contributed by atoms with E-state index in [4.69, 9.17) is 11.6 Å². The fourth-order valence-electron chi connectivity index (χ4n) is 2.40. The molecule has 1 heterocycles. The summed E-state index contributed by atoms with van der Waals surface area (Å²) in [6, 6.07) is 9.56. The van der Waals surface area contributed by atoms with Crippen molar-refractivity contribution in [3.8, 4) is 0 Å². The predicted octanol–water partition coefficient (Wildman–Crippen LogP) is 2.56. The maximum absolute atomic E-state index is 14.2. The lowest BCUT2D eigenvalue weighted by atomic mass is 10.2. The number of halogens is 2. The largest absolute Gasteiger partial charge is 0.373 e. The van der Waals surface area contributed by atoms with Gasteiger partial charge in [0.15, 0.2) is 0 Å². The molecule has 0 radical (unpaired) electrons. The van der Waals surface area contributed by atoms with E-state index in [1.165, 1.54) is 18.2 Å². The number of anilines is 2. The molecule has 0 aliphatic carbocycles. The number of imide groups is 1. The molecule has 128 valence electrons. The van der Waals surface area contributed by atoms with Gasteiger partial charge in [0, 0.05) is 16.3 Å². The number of amides is 3. The molecule has 0 bridgehead atoms. The van der Waals surface area contributed by atoms with Gasteiger partial charge >= 0.3 is 0 Å². The smallest absolute Gasteiger partial charge is 0.255 e. The third-order valence-electron chi connectivity index (χ3n) is 3.61. The minimum atomic E-state index is -0.737. The first-order chi connectivity index (χ1) is 11.9. The van der Waals surface area contributed by atoms with Gasteiger partial charge in [-0.3, -0.25) is 19.7 Å². The molecule has 1 atom stereocenters. The fourth-order valence-corrected chi connectivity index (χ4v) is 2.59. The number of hydrogen-bond donors (Lipinski definition) is 3. The highest BCUT2D eigenvalue weighted by atomic mass is 35.5. The summed E-state index contributed by atoms with van der Waals surface area (Å²) in [5.74, 6) is -2.01. The topological polar surface area (TPSA) is 87.3 Å². The molecule has 25 heavy (non-hydrogen) atoms. The maximum Gasteiger partial charge on any atom is 0.255 e. The van der Waals surface area contributed by atoms with E-state index in [9.17, 15) is 18.8 Å². The van der Waals surface area contributed by atoms with E-state index in [1.54, 1.807) is 18.2 Å². The molecule has 3 amide bonds. The molecule has 6 nitrogen and oxygen atoms in total. The maximum atomic E-state index is 14.2. The van der Waals surface area contributed by atoms with Crippen molar-refractivity contribution in [1.82, 2.24) is 5.32 Å². The van der Waals surface area contributed by atoms with E-state index < -0.39 is 23.7 Å². The minimum absolute atomic E-state index is 0.00624. The van der Waals surface area contributed by atoms with E-state index >= 15 is 0 Å². The Bertz CT molecular complexity index is 872. The molecule has 1 aliphatic heterocycles. The van der Waals surface area contributed by atoms with Crippen molar-refractivity contribution < 1.29 is 18.8 Å². The molecular weight excluding hydrogens is 349 g/mol. The van der Waals surface area contributed by atoms with Crippen LogP contribution in [0.3, 0.4) is 0 Å². The summed E-state index contributed by atoms with van der Waals surface area (Å²) in [7, 11) is 0. The van der Waals surface area contributed by atoms with Crippen molar-refractivity contribution >= 4 is 40.7 Å². The van der Waals surface area contributed by atoms with Crippen LogP contribution in [0.5, 0.6) is 0 Å². The van der Waals surface area contributed by atoms with Crippen molar-refractivity contribution in [1.29, 1.82) is 0 Å². The van der Waals surface area contributed by atoms with Gasteiger partial charge in [0.05, 0.1) is 12.1 Å². The summed E-state index contributed by atoms with van der Waals surface area (Å²) < 4.78 is 14.2. The molecule has 2 aromatic rings. The van der Waals surface area contributed by atoms with Crippen LogP contribution in [0, 0.1) is 5.82 Å². The Balaban J connectivity index is 1.70. The van der Waals surface area contributed by atoms with Crippen LogP contribution in [-0.4, -0.2) is 23.8 Å². The van der Waals surface area contributed by atoms with Crippen LogP contribution in [0.2, 0.25) is 5.02 Å². The monoisotopic (exact) mass is 361 g/mol. The normalized spacial score (nSPS) is 16.5. The summed E-state index contributed by atoms with van der Waals surface area (Å²) in [6.07, 6.45) is -0.00624. The summed E-state index contributed by atoms with van der Waals surface area (Å²) in [4.78, 5) is 34.8. The SMILES string of the molecule is O=C1CC(Nc2ccc(NC(=O)c3cccc(Cl)c3)c(F)c2)C(=O)N1. The first-order valence-electron chi connectivity index (χ1n) is 7.39. The van der Waals surface area contributed by atoms with Crippen molar-refractivity contribution in [2.45, 2.75) is 12.5 Å². The Morgan fingerprint density at radius 1 is 1.20 bits per heavy atom. The first kappa shape index (κ1) is 16.9. The highest BCUT2D eigenvalue weighted by Gasteiger charge is 2.30. The molecule has 1 saturated heterocycles. The second-order valence-corrected chi connectivity index (χ2v) is 5.91. The van der Waals surface area contributed by atoms with Crippen LogP contribution >= 0.6 is 11.6 Å². The van der Waals surface area contributed by atoms with Gasteiger partial charge in [-0.1, -0.05) is 17.7 Å². The minimum Gasteiger partial charge on any atom is -0.373 e. The number of nitrogens with one attached hydrogen (secondary N) is 3. The van der Waals surface area contributed by atoms with Gasteiger partial charge < -0.3 is 10.6 Å². The zero-order valence-corrected chi connectivity index (χ0v) is 13.6. The van der Waals surface area contributed by atoms with Gasteiger partial charge in [-0.15, -0.1) is 0 Å². The quantitative estimate of drug-likeness (QED) is 0.730. The Morgan fingerprint density at radius 2 is 2.00 bits per heavy atom. The standard InChI is InChI=1S/C17H13ClFN3O3/c18-10-3-1-2-9(6-10)16(24)21-13-5-4-11(7-12(13)19)20-14-8-15(23)22-17(14)25/h1-7,14,20H,8H2,(H,21,24)(H,22,23,25). The lowest BCUT2D eigenvalue weighted by molar-refractivity contribution is -0.124. The fraction of sp³-hybridized carbons (Fsp3) is 0.118. The van der Waals surface area contributed by atoms with Gasteiger partial charge in [-0.2, -0.15) is 0 Å². The van der Waals surface area contributed by atoms with Crippen molar-refractivity contribution in [2.24, 2.45) is 0 Å². The lowest BCUT2D eigenvalue weighted by Crippen LogP contribution is -2.30. The van der Waals surface area contributed by atoms with Crippen LogP contribution in [0.15, 0.2) is 42.5 Å². The second-order valence-electron chi connectivity index (χ2n) is 5.47. The number of rotatable bonds is 4. The highest BCUT2D eigenvalue weighted by Crippen LogP contribution is 2.22. The van der Waals surface area contributed by atoms with Crippen molar-refractivity contribution in [3.05, 3.63) is 58.9 Å². The van der Waals surface area contributed by atoms with Crippen LogP contribution in [0.25, 0.3) is 0 Å². The second kappa shape index (κ2) is 6.90. The van der Waals surface area contributed by atoms with Crippen LogP contribution < -0.4 is 16.0 Å². The summed E-state index contributed by atoms with van der Waals surface area (Å²) in [5.41, 5.74) is 0.617. The van der Waals surface area contributed by atoms with Gasteiger partial charge in [0.1, 0.15) is 11.9 Å². The van der Waals surface area contributed by atoms with Crippen LogP contribution in [0.4, 0.5) is 15.8 Å². The molecule has 8 heteroatoms. The van der Waals surface area contributed by atoms with Crippen molar-refractivity contribution in [2.75, 3.05) is 10.6 Å². The molecule has 2 aromatic carbocycles. The summed E-state index contributed by atoms with van der Waals surface area (Å²) >= 11 is 5.83. The third kappa shape index (κ3) is 3.95. The number of hydrogen-bond acceptors (Lipinski definition) is 4. The van der Waals surface area contributed by atoms with Gasteiger partial charge in [-0.05, 0) is 36.4 Å². The van der Waals surface area contributed by atoms with E-state index in [-0.39, 0.29) is 18.0 Å². The number of benzene rings is 2. The molecule has 1 fully saturated rings. The number of carbonyl (C=O) groups excluding carboxylic acids is 3. The Labute approximate surface area is 147 Å². The van der Waals surface area contributed by atoms with Gasteiger partial charge in [0.25, 0.3) is 5.91 Å². The molecule has 3 N–H and O–H groups in total. The zero-order chi connectivity index (χ0) is 18.0. The van der Waals surface area contributed by atoms with Crippen LogP contribution in [-0.2, 0) is 9.59 Å². The average Bonchev–Trinajstić information content (AvgIpc) is 2.87. The molecule has 1 unspecified atom stereocenters. The van der Waals surface area contributed by atoms with Gasteiger partial charge in [0.2, 0.25) is 11.8 Å². The van der Waals surface area contributed by atoms with Crippen LogP contribution in [0.1, 0.15) is 16.8 Å². The highest BCUT2D eigenvalue weighted by molar-refractivity contribution is 6.31. The zero-order valence-electron chi connectivity index (χ0n) is 12.8. The summed E-state index contributed by atoms with van der Waals surface area (Å²) in [5, 5.41) is 7.80. The molecule has 1 aliphatic rings. The molecule has 0 saturated carbocycles. The van der Waals surface area contributed by atoms with Crippen molar-refractivity contribution in [3.63, 3.8) is 0 Å². The van der Waals surface area contributed by atoms with E-state index in [1.807, 2.05) is 0 Å². The summed E-state index contributed by atoms with van der Waals surface area (Å²) in [6.45, 7) is 0. The lowest BCUT2D eigenvalue weighted by Gasteiger charge is -2.12. The first-order valence-corrected chi connectivity index (χ1v) is 7.77. The number of carbonyl (C=O) groups is 3. The Hall–Kier alpha value is -2.93. The molecule has 3 rings (SSSR count). The molecule has 0 aromatic heterocycles.